The predicted molar refractivity (Wildman–Crippen MR) is 80.3 cm³/mol. The fourth-order valence-electron chi connectivity index (χ4n) is 3.58. The molecule has 0 spiro atoms. The van der Waals surface area contributed by atoms with Crippen molar-refractivity contribution in [3.63, 3.8) is 0 Å². The molecule has 6 nitrogen and oxygen atoms in total. The molecule has 3 N–H and O–H groups in total. The minimum absolute atomic E-state index is 0.0131. The van der Waals surface area contributed by atoms with E-state index in [9.17, 15) is 9.59 Å². The second kappa shape index (κ2) is 6.22. The van der Waals surface area contributed by atoms with Crippen LogP contribution in [0.3, 0.4) is 0 Å². The normalized spacial score (nSPS) is 22.6. The van der Waals surface area contributed by atoms with E-state index in [1.54, 1.807) is 0 Å². The van der Waals surface area contributed by atoms with Crippen molar-refractivity contribution >= 4 is 12.0 Å². The molecule has 0 bridgehead atoms. The van der Waals surface area contributed by atoms with Crippen LogP contribution in [-0.2, 0) is 4.79 Å². The van der Waals surface area contributed by atoms with Gasteiger partial charge in [-0.05, 0) is 46.2 Å². The Hall–Kier alpha value is -1.30. The van der Waals surface area contributed by atoms with E-state index in [4.69, 9.17) is 5.11 Å². The van der Waals surface area contributed by atoms with E-state index in [2.05, 4.69) is 15.5 Å². The molecule has 2 amide bonds. The molecule has 0 radical (unpaired) electrons. The highest BCUT2D eigenvalue weighted by Gasteiger charge is 2.41. The van der Waals surface area contributed by atoms with Gasteiger partial charge in [-0.2, -0.15) is 0 Å². The number of nitrogens with zero attached hydrogens (tertiary/aromatic N) is 1. The third kappa shape index (κ3) is 3.67. The Kier molecular flexibility index (Phi) is 4.76. The summed E-state index contributed by atoms with van der Waals surface area (Å²) in [5, 5.41) is 14.9. The lowest BCUT2D eigenvalue weighted by atomic mass is 9.75. The van der Waals surface area contributed by atoms with E-state index in [-0.39, 0.29) is 18.0 Å². The summed E-state index contributed by atoms with van der Waals surface area (Å²) in [7, 11) is 4.09. The number of carbonyl (C=O) groups excluding carboxylic acids is 1. The Labute approximate surface area is 126 Å². The van der Waals surface area contributed by atoms with Crippen LogP contribution in [0.25, 0.3) is 0 Å². The van der Waals surface area contributed by atoms with Crippen molar-refractivity contribution in [1.29, 1.82) is 0 Å². The fourth-order valence-corrected chi connectivity index (χ4v) is 3.58. The number of carboxylic acid groups (broad SMARTS) is 1. The largest absolute Gasteiger partial charge is 0.481 e. The van der Waals surface area contributed by atoms with Crippen LogP contribution >= 0.6 is 0 Å². The number of amides is 2. The van der Waals surface area contributed by atoms with Gasteiger partial charge in [0.05, 0.1) is 12.0 Å². The van der Waals surface area contributed by atoms with Gasteiger partial charge in [0.15, 0.2) is 0 Å². The molecule has 21 heavy (non-hydrogen) atoms. The van der Waals surface area contributed by atoms with E-state index < -0.39 is 11.5 Å². The van der Waals surface area contributed by atoms with Crippen LogP contribution in [0.1, 0.15) is 51.4 Å². The molecule has 2 aliphatic carbocycles. The Balaban J connectivity index is 1.87. The molecule has 0 atom stereocenters. The van der Waals surface area contributed by atoms with E-state index in [1.807, 2.05) is 14.1 Å². The van der Waals surface area contributed by atoms with Gasteiger partial charge in [0.2, 0.25) is 0 Å². The Morgan fingerprint density at radius 3 is 2.14 bits per heavy atom. The lowest BCUT2D eigenvalue weighted by molar-refractivity contribution is -0.138. The summed E-state index contributed by atoms with van der Waals surface area (Å²) in [5.74, 6) is -0.846. The number of urea groups is 1. The fraction of sp³-hybridized carbons (Fsp3) is 0.867. The minimum Gasteiger partial charge on any atom is -0.481 e. The highest BCUT2D eigenvalue weighted by Crippen LogP contribution is 2.35. The zero-order chi connectivity index (χ0) is 15.5. The average molecular weight is 297 g/mol. The molecule has 0 aliphatic heterocycles. The molecule has 2 rings (SSSR count). The molecule has 2 saturated carbocycles. The van der Waals surface area contributed by atoms with Gasteiger partial charge in [-0.3, -0.25) is 4.79 Å². The quantitative estimate of drug-likeness (QED) is 0.695. The van der Waals surface area contributed by atoms with E-state index in [0.717, 1.165) is 38.5 Å². The number of carboxylic acids is 1. The summed E-state index contributed by atoms with van der Waals surface area (Å²) in [5.41, 5.74) is -0.478. The predicted octanol–water partition coefficient (Wildman–Crippen LogP) is 1.56. The third-order valence-electron chi connectivity index (χ3n) is 5.24. The molecule has 0 aromatic rings. The number of likely N-dealkylation sites (N-methyl/N-ethyl adjacent to an activating group) is 1. The molecular weight excluding hydrogens is 270 g/mol. The smallest absolute Gasteiger partial charge is 0.315 e. The highest BCUT2D eigenvalue weighted by atomic mass is 16.4. The van der Waals surface area contributed by atoms with E-state index in [1.165, 1.54) is 6.42 Å². The topological polar surface area (TPSA) is 81.7 Å². The van der Waals surface area contributed by atoms with Crippen molar-refractivity contribution in [2.75, 3.05) is 20.6 Å². The molecule has 2 aliphatic rings. The number of carbonyl (C=O) groups is 2. The van der Waals surface area contributed by atoms with Gasteiger partial charge >= 0.3 is 12.0 Å². The number of aliphatic carboxylic acids is 1. The van der Waals surface area contributed by atoms with Gasteiger partial charge in [-0.25, -0.2) is 4.79 Å². The first kappa shape index (κ1) is 16.1. The zero-order valence-corrected chi connectivity index (χ0v) is 13.1. The number of nitrogens with one attached hydrogen (secondary N) is 2. The molecule has 2 fully saturated rings. The Morgan fingerprint density at radius 1 is 1.10 bits per heavy atom. The summed E-state index contributed by atoms with van der Waals surface area (Å²) < 4.78 is 0. The van der Waals surface area contributed by atoms with Gasteiger partial charge in [-0.1, -0.05) is 12.8 Å². The summed E-state index contributed by atoms with van der Waals surface area (Å²) in [4.78, 5) is 25.4. The second-order valence-electron chi connectivity index (χ2n) is 6.84. The second-order valence-corrected chi connectivity index (χ2v) is 6.84. The van der Waals surface area contributed by atoms with Crippen molar-refractivity contribution in [1.82, 2.24) is 15.5 Å². The molecule has 6 heteroatoms. The maximum atomic E-state index is 12.2. The van der Waals surface area contributed by atoms with Gasteiger partial charge in [-0.15, -0.1) is 0 Å². The van der Waals surface area contributed by atoms with Crippen molar-refractivity contribution in [2.24, 2.45) is 0 Å². The van der Waals surface area contributed by atoms with Crippen LogP contribution < -0.4 is 10.6 Å². The number of rotatable bonds is 6. The van der Waals surface area contributed by atoms with Gasteiger partial charge in [0.1, 0.15) is 0 Å². The van der Waals surface area contributed by atoms with Crippen LogP contribution in [0, 0.1) is 0 Å². The number of hydrogen-bond donors (Lipinski definition) is 3. The maximum Gasteiger partial charge on any atom is 0.315 e. The summed E-state index contributed by atoms with van der Waals surface area (Å²) in [6.45, 7) is 0.620. The molecule has 120 valence electrons. The minimum atomic E-state index is -0.846. The van der Waals surface area contributed by atoms with Crippen molar-refractivity contribution in [2.45, 2.75) is 62.4 Å². The van der Waals surface area contributed by atoms with Crippen LogP contribution in [0.4, 0.5) is 4.79 Å². The highest BCUT2D eigenvalue weighted by molar-refractivity contribution is 5.77. The molecule has 0 saturated heterocycles. The molecule has 0 heterocycles. The van der Waals surface area contributed by atoms with Crippen molar-refractivity contribution in [3.05, 3.63) is 0 Å². The summed E-state index contributed by atoms with van der Waals surface area (Å²) in [6, 6.07) is -0.230. The van der Waals surface area contributed by atoms with Crippen LogP contribution in [0.5, 0.6) is 0 Å². The lowest BCUT2D eigenvalue weighted by Gasteiger charge is -2.47. The Morgan fingerprint density at radius 2 is 1.71 bits per heavy atom. The van der Waals surface area contributed by atoms with E-state index in [0.29, 0.717) is 6.54 Å². The lowest BCUT2D eigenvalue weighted by Crippen LogP contribution is -2.60. The van der Waals surface area contributed by atoms with Crippen LogP contribution in [0.2, 0.25) is 0 Å². The molecule has 0 unspecified atom stereocenters. The SMILES string of the molecule is CN(C)C1(CNC(=O)NC2(CC(=O)O)CCCC2)CCC1. The summed E-state index contributed by atoms with van der Waals surface area (Å²) >= 11 is 0. The molecule has 0 aromatic carbocycles. The Bertz CT molecular complexity index is 399. The van der Waals surface area contributed by atoms with Crippen molar-refractivity contribution in [3.8, 4) is 0 Å². The average Bonchev–Trinajstić information content (AvgIpc) is 2.74. The molecule has 0 aromatic heterocycles. The molecular formula is C15H27N3O3. The third-order valence-corrected chi connectivity index (χ3v) is 5.24. The monoisotopic (exact) mass is 297 g/mol. The standard InChI is InChI=1S/C15H27N3O3/c1-18(2)15(8-5-9-15)11-16-13(21)17-14(10-12(19)20)6-3-4-7-14/h3-11H2,1-2H3,(H,19,20)(H2,16,17,21). The van der Waals surface area contributed by atoms with Gasteiger partial charge in [0, 0.05) is 12.1 Å². The van der Waals surface area contributed by atoms with Crippen molar-refractivity contribution < 1.29 is 14.7 Å². The van der Waals surface area contributed by atoms with Crippen LogP contribution in [0.15, 0.2) is 0 Å². The van der Waals surface area contributed by atoms with E-state index >= 15 is 0 Å². The first-order chi connectivity index (χ1) is 9.88. The number of hydrogen-bond acceptors (Lipinski definition) is 3. The van der Waals surface area contributed by atoms with Gasteiger partial charge in [0.25, 0.3) is 0 Å². The first-order valence-electron chi connectivity index (χ1n) is 7.83. The first-order valence-corrected chi connectivity index (χ1v) is 7.83. The van der Waals surface area contributed by atoms with Gasteiger partial charge < -0.3 is 20.6 Å². The van der Waals surface area contributed by atoms with Crippen LogP contribution in [-0.4, -0.2) is 53.7 Å². The maximum absolute atomic E-state index is 12.2. The zero-order valence-electron chi connectivity index (χ0n) is 13.1. The summed E-state index contributed by atoms with van der Waals surface area (Å²) in [6.07, 6.45) is 6.88.